The number of hydrogen-bond acceptors (Lipinski definition) is 4. The van der Waals surface area contributed by atoms with Crippen molar-refractivity contribution in [1.82, 2.24) is 0 Å². The molecule has 0 aliphatic heterocycles. The van der Waals surface area contributed by atoms with Gasteiger partial charge in [-0.05, 0) is 0 Å². The third-order valence-electron chi connectivity index (χ3n) is 2.03. The van der Waals surface area contributed by atoms with Gasteiger partial charge in [0.2, 0.25) is 0 Å². The molecule has 0 spiro atoms. The zero-order valence-corrected chi connectivity index (χ0v) is 9.20. The van der Waals surface area contributed by atoms with Crippen LogP contribution in [0.25, 0.3) is 5.57 Å². The highest BCUT2D eigenvalue weighted by Crippen LogP contribution is 1.97. The number of nitrogens with zero attached hydrogens (tertiary/aromatic N) is 6. The highest BCUT2D eigenvalue weighted by Gasteiger charge is 2.38. The Balaban J connectivity index is 4.35. The Labute approximate surface area is 107 Å². The molecule has 96 valence electrons. The number of halogens is 4. The van der Waals surface area contributed by atoms with E-state index >= 15 is 0 Å². The number of rotatable bonds is 0. The van der Waals surface area contributed by atoms with Gasteiger partial charge in [0.05, 0.1) is 0 Å². The summed E-state index contributed by atoms with van der Waals surface area (Å²) in [6.07, 6.45) is 0. The Hall–Kier alpha value is -3.50. The highest BCUT2D eigenvalue weighted by atomic mass is 19.2. The molecule has 20 heavy (non-hydrogen) atoms. The molecular formula is C10F4N6+2. The maximum absolute atomic E-state index is 13.6. The molecule has 0 amide bonds. The molecule has 0 fully saturated rings. The summed E-state index contributed by atoms with van der Waals surface area (Å²) in [6, 6.07) is 4.18. The lowest BCUT2D eigenvalue weighted by Crippen LogP contribution is -2.63. The predicted octanol–water partition coefficient (Wildman–Crippen LogP) is -0.963. The van der Waals surface area contributed by atoms with Gasteiger partial charge in [-0.25, -0.2) is 0 Å². The van der Waals surface area contributed by atoms with Gasteiger partial charge in [-0.2, -0.15) is 25.4 Å². The summed E-state index contributed by atoms with van der Waals surface area (Å²) >= 11 is 0. The lowest BCUT2D eigenvalue weighted by atomic mass is 10.2. The summed E-state index contributed by atoms with van der Waals surface area (Å²) < 4.78 is 53.6. The summed E-state index contributed by atoms with van der Waals surface area (Å²) in [4.78, 5) is -1.19. The summed E-state index contributed by atoms with van der Waals surface area (Å²) in [7, 11) is 0. The van der Waals surface area contributed by atoms with Gasteiger partial charge in [0, 0.05) is 0 Å². The van der Waals surface area contributed by atoms with Gasteiger partial charge in [-0.15, -0.1) is 8.78 Å². The van der Waals surface area contributed by atoms with Crippen molar-refractivity contribution >= 4 is 5.57 Å². The molecule has 1 aromatic heterocycles. The van der Waals surface area contributed by atoms with Crippen LogP contribution in [0.3, 0.4) is 0 Å². The van der Waals surface area contributed by atoms with E-state index in [1.165, 1.54) is 0 Å². The van der Waals surface area contributed by atoms with Crippen molar-refractivity contribution in [3.05, 3.63) is 28.6 Å². The second kappa shape index (κ2) is 5.43. The summed E-state index contributed by atoms with van der Waals surface area (Å²) in [5.41, 5.74) is -2.52. The third-order valence-corrected chi connectivity index (χ3v) is 2.03. The normalized spacial score (nSPS) is 8.80. The number of nitriles is 4. The van der Waals surface area contributed by atoms with Gasteiger partial charge in [0.25, 0.3) is 10.7 Å². The topological polar surface area (TPSA) is 105 Å². The Morgan fingerprint density at radius 3 is 1.75 bits per heavy atom. The maximum atomic E-state index is 13.6. The van der Waals surface area contributed by atoms with Crippen LogP contribution in [0.4, 0.5) is 17.7 Å². The lowest BCUT2D eigenvalue weighted by Gasteiger charge is -1.87. The Kier molecular flexibility index (Phi) is 3.95. The van der Waals surface area contributed by atoms with Crippen LogP contribution >= 0.6 is 0 Å². The first-order chi connectivity index (χ1) is 9.44. The van der Waals surface area contributed by atoms with Gasteiger partial charge in [0.15, 0.2) is 26.2 Å². The smallest absolute Gasteiger partial charge is 0.195 e. The van der Waals surface area contributed by atoms with Crippen LogP contribution in [-0.2, 0) is 0 Å². The molecule has 1 aromatic rings. The summed E-state index contributed by atoms with van der Waals surface area (Å²) in [5.74, 6) is -6.38. The Morgan fingerprint density at radius 2 is 1.35 bits per heavy atom. The van der Waals surface area contributed by atoms with Crippen LogP contribution in [0.5, 0.6) is 0 Å². The maximum Gasteiger partial charge on any atom is 0.491 e. The third kappa shape index (κ3) is 1.98. The summed E-state index contributed by atoms with van der Waals surface area (Å²) in [5, 5.41) is 32.3. The van der Waals surface area contributed by atoms with E-state index in [0.29, 0.717) is 0 Å². The second-order valence-electron chi connectivity index (χ2n) is 3.01. The van der Waals surface area contributed by atoms with Crippen LogP contribution in [0.1, 0.15) is 0 Å². The fourth-order valence-corrected chi connectivity index (χ4v) is 1.20. The van der Waals surface area contributed by atoms with Crippen LogP contribution in [0.2, 0.25) is 0 Å². The number of aromatic nitrogens is 2. The van der Waals surface area contributed by atoms with E-state index in [0.717, 1.165) is 24.3 Å². The van der Waals surface area contributed by atoms with Crippen molar-refractivity contribution < 1.29 is 26.9 Å². The monoisotopic (exact) mass is 280 g/mol. The van der Waals surface area contributed by atoms with Crippen molar-refractivity contribution in [3.63, 3.8) is 0 Å². The fraction of sp³-hybridized carbons (Fsp3) is 0. The van der Waals surface area contributed by atoms with Gasteiger partial charge < -0.3 is 0 Å². The van der Waals surface area contributed by atoms with Gasteiger partial charge >= 0.3 is 17.6 Å². The van der Waals surface area contributed by atoms with Crippen LogP contribution in [0, 0.1) is 68.7 Å². The van der Waals surface area contributed by atoms with Gasteiger partial charge in [-0.3, -0.25) is 0 Å². The highest BCUT2D eigenvalue weighted by molar-refractivity contribution is 5.72. The number of hydrogen-bond donors (Lipinski definition) is 0. The average molecular weight is 280 g/mol. The molecule has 0 N–H and O–H groups in total. The zero-order chi connectivity index (χ0) is 15.4. The quantitative estimate of drug-likeness (QED) is 0.450. The van der Waals surface area contributed by atoms with E-state index in [9.17, 15) is 17.7 Å². The van der Waals surface area contributed by atoms with Crippen molar-refractivity contribution in [2.24, 2.45) is 0 Å². The SMILES string of the molecule is N#CC(C#N)=c1c(F)c(F)[n+](=C(C#N)C#N)[n+](F)c1F. The van der Waals surface area contributed by atoms with E-state index in [-0.39, 0.29) is 0 Å². The molecule has 0 aliphatic carbocycles. The molecule has 0 aliphatic rings. The Morgan fingerprint density at radius 1 is 0.850 bits per heavy atom. The largest absolute Gasteiger partial charge is 0.491 e. The van der Waals surface area contributed by atoms with E-state index in [1.54, 1.807) is 0 Å². The second-order valence-corrected chi connectivity index (χ2v) is 3.01. The van der Waals surface area contributed by atoms with Crippen LogP contribution in [0.15, 0.2) is 0 Å². The van der Waals surface area contributed by atoms with Crippen molar-refractivity contribution in [2.75, 3.05) is 0 Å². The summed E-state index contributed by atoms with van der Waals surface area (Å²) in [6.45, 7) is 0. The molecule has 0 unspecified atom stereocenters. The molecule has 0 saturated carbocycles. The molecule has 10 heteroatoms. The molecule has 0 radical (unpaired) electrons. The molecule has 1 heterocycles. The predicted molar refractivity (Wildman–Crippen MR) is 47.3 cm³/mol. The molecule has 0 aromatic carbocycles. The standard InChI is InChI=1S/C10F4N6/c11-8-7(5(1-15)2-16)9(12)20(14)19(10(8)13)6(3-17)4-18/q+2. The first kappa shape index (κ1) is 14.6. The van der Waals surface area contributed by atoms with Crippen molar-refractivity contribution in [2.45, 2.75) is 0 Å². The minimum absolute atomic E-state index is 0.611. The molecular weight excluding hydrogens is 280 g/mol. The molecule has 6 nitrogen and oxygen atoms in total. The van der Waals surface area contributed by atoms with Crippen LogP contribution < -0.4 is 14.5 Å². The van der Waals surface area contributed by atoms with E-state index in [1.807, 2.05) is 0 Å². The average Bonchev–Trinajstić information content (AvgIpc) is 2.46. The zero-order valence-electron chi connectivity index (χ0n) is 9.20. The fourth-order valence-electron chi connectivity index (χ4n) is 1.20. The van der Waals surface area contributed by atoms with Crippen LogP contribution in [-0.4, -0.2) is 0 Å². The van der Waals surface area contributed by atoms with E-state index in [2.05, 4.69) is 0 Å². The lowest BCUT2D eigenvalue weighted by molar-refractivity contribution is -1.27. The van der Waals surface area contributed by atoms with Gasteiger partial charge in [-0.1, -0.05) is 0 Å². The van der Waals surface area contributed by atoms with E-state index in [4.69, 9.17) is 21.0 Å². The van der Waals surface area contributed by atoms with Crippen molar-refractivity contribution in [3.8, 4) is 24.3 Å². The molecule has 1 rings (SSSR count). The first-order valence-electron chi connectivity index (χ1n) is 4.50. The minimum Gasteiger partial charge on any atom is -0.195 e. The molecule has 0 atom stereocenters. The first-order valence-corrected chi connectivity index (χ1v) is 4.50. The molecule has 0 bridgehead atoms. The Bertz CT molecular complexity index is 749. The van der Waals surface area contributed by atoms with E-state index < -0.39 is 43.5 Å². The van der Waals surface area contributed by atoms with Gasteiger partial charge in [0.1, 0.15) is 17.7 Å². The van der Waals surface area contributed by atoms with Crippen molar-refractivity contribution in [1.29, 1.82) is 21.0 Å². The minimum atomic E-state index is -2.15. The molecule has 0 saturated heterocycles.